The summed E-state index contributed by atoms with van der Waals surface area (Å²) >= 11 is 0. The van der Waals surface area contributed by atoms with E-state index in [1.54, 1.807) is 30.3 Å². The molecule has 0 saturated heterocycles. The number of carbonyl (C=O) groups is 2. The number of nitrogens with zero attached hydrogens (tertiary/aromatic N) is 1. The number of benzene rings is 2. The highest BCUT2D eigenvalue weighted by Crippen LogP contribution is 2.34. The lowest BCUT2D eigenvalue weighted by Crippen LogP contribution is -2.47. The molecule has 5 nitrogen and oxygen atoms in total. The first-order valence-electron chi connectivity index (χ1n) is 7.01. The fourth-order valence-corrected chi connectivity index (χ4v) is 2.46. The Bertz CT molecular complexity index is 762. The zero-order valence-electron chi connectivity index (χ0n) is 12.4. The molecule has 2 aromatic carbocycles. The maximum Gasteiger partial charge on any atom is 0.348 e. The summed E-state index contributed by atoms with van der Waals surface area (Å²) < 4.78 is 24.2. The van der Waals surface area contributed by atoms with Crippen LogP contribution in [0.25, 0.3) is 0 Å². The number of hydrogen-bond donors (Lipinski definition) is 0. The van der Waals surface area contributed by atoms with Gasteiger partial charge in [0, 0.05) is 0 Å². The van der Waals surface area contributed by atoms with E-state index in [-0.39, 0.29) is 12.1 Å². The SMILES string of the molecule is COC(=O)[C@H]1CN(C(=O)c2ccccc2F)c2ccccc2O1. The second kappa shape index (κ2) is 6.08. The van der Waals surface area contributed by atoms with Gasteiger partial charge >= 0.3 is 5.97 Å². The molecule has 0 unspecified atom stereocenters. The maximum absolute atomic E-state index is 13.9. The van der Waals surface area contributed by atoms with Crippen molar-refractivity contribution in [1.29, 1.82) is 0 Å². The Labute approximate surface area is 132 Å². The van der Waals surface area contributed by atoms with E-state index in [1.165, 1.54) is 30.2 Å². The maximum atomic E-state index is 13.9. The number of hydrogen-bond acceptors (Lipinski definition) is 4. The Hall–Kier alpha value is -2.89. The van der Waals surface area contributed by atoms with Crippen molar-refractivity contribution in [1.82, 2.24) is 0 Å². The first-order valence-corrected chi connectivity index (χ1v) is 7.01. The van der Waals surface area contributed by atoms with Gasteiger partial charge in [0.15, 0.2) is 0 Å². The fraction of sp³-hybridized carbons (Fsp3) is 0.176. The van der Waals surface area contributed by atoms with Gasteiger partial charge in [0.1, 0.15) is 11.6 Å². The molecule has 2 aromatic rings. The van der Waals surface area contributed by atoms with Crippen LogP contribution in [0.3, 0.4) is 0 Å². The molecule has 3 rings (SSSR count). The van der Waals surface area contributed by atoms with Crippen molar-refractivity contribution < 1.29 is 23.5 Å². The van der Waals surface area contributed by atoms with E-state index < -0.39 is 23.8 Å². The standard InChI is InChI=1S/C17H14FNO4/c1-22-17(21)15-10-19(13-8-4-5-9-14(13)23-15)16(20)11-6-2-3-7-12(11)18/h2-9,15H,10H2,1H3/t15-/m1/s1. The Balaban J connectivity index is 2.01. The monoisotopic (exact) mass is 315 g/mol. The third-order valence-corrected chi connectivity index (χ3v) is 3.59. The second-order valence-electron chi connectivity index (χ2n) is 4.99. The summed E-state index contributed by atoms with van der Waals surface area (Å²) in [4.78, 5) is 25.8. The van der Waals surface area contributed by atoms with Gasteiger partial charge in [0.05, 0.1) is 24.9 Å². The van der Waals surface area contributed by atoms with Crippen molar-refractivity contribution in [3.8, 4) is 5.75 Å². The number of fused-ring (bicyclic) bond motifs is 1. The lowest BCUT2D eigenvalue weighted by atomic mass is 10.1. The van der Waals surface area contributed by atoms with Crippen molar-refractivity contribution in [3.63, 3.8) is 0 Å². The Morgan fingerprint density at radius 1 is 1.17 bits per heavy atom. The molecule has 0 N–H and O–H groups in total. The molecule has 1 amide bonds. The quantitative estimate of drug-likeness (QED) is 0.799. The molecule has 0 bridgehead atoms. The molecule has 0 aromatic heterocycles. The summed E-state index contributed by atoms with van der Waals surface area (Å²) in [6, 6.07) is 12.5. The van der Waals surface area contributed by atoms with Gasteiger partial charge in [-0.2, -0.15) is 0 Å². The van der Waals surface area contributed by atoms with Crippen molar-refractivity contribution in [2.24, 2.45) is 0 Å². The van der Waals surface area contributed by atoms with E-state index in [4.69, 9.17) is 4.74 Å². The highest BCUT2D eigenvalue weighted by Gasteiger charge is 2.35. The minimum absolute atomic E-state index is 0.0448. The largest absolute Gasteiger partial charge is 0.475 e. The van der Waals surface area contributed by atoms with E-state index in [0.29, 0.717) is 11.4 Å². The highest BCUT2D eigenvalue weighted by atomic mass is 19.1. The molecular formula is C17H14FNO4. The van der Waals surface area contributed by atoms with Crippen LogP contribution >= 0.6 is 0 Å². The van der Waals surface area contributed by atoms with E-state index >= 15 is 0 Å². The summed E-state index contributed by atoms with van der Waals surface area (Å²) in [7, 11) is 1.25. The Morgan fingerprint density at radius 3 is 2.61 bits per heavy atom. The zero-order valence-corrected chi connectivity index (χ0v) is 12.4. The smallest absolute Gasteiger partial charge is 0.348 e. The highest BCUT2D eigenvalue weighted by molar-refractivity contribution is 6.07. The summed E-state index contributed by atoms with van der Waals surface area (Å²) in [5.41, 5.74) is 0.425. The normalized spacial score (nSPS) is 16.3. The Kier molecular flexibility index (Phi) is 3.97. The van der Waals surface area contributed by atoms with Crippen molar-refractivity contribution in [2.75, 3.05) is 18.6 Å². The summed E-state index contributed by atoms with van der Waals surface area (Å²) in [6.45, 7) is -0.0448. The van der Waals surface area contributed by atoms with Gasteiger partial charge in [-0.25, -0.2) is 9.18 Å². The average Bonchev–Trinajstić information content (AvgIpc) is 2.60. The molecule has 0 radical (unpaired) electrons. The molecule has 0 aliphatic carbocycles. The molecule has 0 spiro atoms. The number of halogens is 1. The third kappa shape index (κ3) is 2.75. The average molecular weight is 315 g/mol. The summed E-state index contributed by atoms with van der Waals surface area (Å²) in [5.74, 6) is -1.37. The molecule has 0 saturated carbocycles. The van der Waals surface area contributed by atoms with Crippen LogP contribution in [-0.4, -0.2) is 31.6 Å². The first-order chi connectivity index (χ1) is 11.1. The van der Waals surface area contributed by atoms with E-state index in [9.17, 15) is 14.0 Å². The van der Waals surface area contributed by atoms with Crippen LogP contribution in [-0.2, 0) is 9.53 Å². The van der Waals surface area contributed by atoms with Gasteiger partial charge in [-0.05, 0) is 24.3 Å². The van der Waals surface area contributed by atoms with Crippen LogP contribution in [0.2, 0.25) is 0 Å². The van der Waals surface area contributed by atoms with Gasteiger partial charge in [0.2, 0.25) is 6.10 Å². The van der Waals surface area contributed by atoms with Crippen molar-refractivity contribution in [3.05, 3.63) is 59.9 Å². The van der Waals surface area contributed by atoms with Crippen LogP contribution in [0.15, 0.2) is 48.5 Å². The molecule has 23 heavy (non-hydrogen) atoms. The van der Waals surface area contributed by atoms with E-state index in [0.717, 1.165) is 0 Å². The Morgan fingerprint density at radius 2 is 1.87 bits per heavy atom. The number of anilines is 1. The number of amides is 1. The number of methoxy groups -OCH3 is 1. The number of para-hydroxylation sites is 2. The molecule has 1 aliphatic rings. The molecule has 1 heterocycles. The minimum atomic E-state index is -0.953. The van der Waals surface area contributed by atoms with Crippen molar-refractivity contribution in [2.45, 2.75) is 6.10 Å². The van der Waals surface area contributed by atoms with Gasteiger partial charge in [-0.3, -0.25) is 4.79 Å². The van der Waals surface area contributed by atoms with E-state index in [1.807, 2.05) is 0 Å². The lowest BCUT2D eigenvalue weighted by molar-refractivity contribution is -0.148. The zero-order chi connectivity index (χ0) is 16.4. The van der Waals surface area contributed by atoms with Crippen LogP contribution in [0, 0.1) is 5.82 Å². The van der Waals surface area contributed by atoms with Crippen LogP contribution < -0.4 is 9.64 Å². The van der Waals surface area contributed by atoms with Crippen LogP contribution in [0.4, 0.5) is 10.1 Å². The second-order valence-corrected chi connectivity index (χ2v) is 4.99. The predicted molar refractivity (Wildman–Crippen MR) is 81.0 cm³/mol. The lowest BCUT2D eigenvalue weighted by Gasteiger charge is -2.33. The molecule has 0 fully saturated rings. The first kappa shape index (κ1) is 15.0. The molecule has 118 valence electrons. The van der Waals surface area contributed by atoms with Gasteiger partial charge in [-0.15, -0.1) is 0 Å². The number of carbonyl (C=O) groups excluding carboxylic acids is 2. The van der Waals surface area contributed by atoms with Gasteiger partial charge in [-0.1, -0.05) is 24.3 Å². The predicted octanol–water partition coefficient (Wildman–Crippen LogP) is 2.41. The number of esters is 1. The molecule has 1 atom stereocenters. The third-order valence-electron chi connectivity index (χ3n) is 3.59. The number of rotatable bonds is 2. The molecular weight excluding hydrogens is 301 g/mol. The minimum Gasteiger partial charge on any atom is -0.475 e. The molecule has 1 aliphatic heterocycles. The summed E-state index contributed by atoms with van der Waals surface area (Å²) in [6.07, 6.45) is -0.953. The topological polar surface area (TPSA) is 55.8 Å². The van der Waals surface area contributed by atoms with Crippen molar-refractivity contribution >= 4 is 17.6 Å². The summed E-state index contributed by atoms with van der Waals surface area (Å²) in [5, 5.41) is 0. The van der Waals surface area contributed by atoms with Crippen LogP contribution in [0.5, 0.6) is 5.75 Å². The van der Waals surface area contributed by atoms with Gasteiger partial charge < -0.3 is 14.4 Å². The van der Waals surface area contributed by atoms with Gasteiger partial charge in [0.25, 0.3) is 5.91 Å². The fourth-order valence-electron chi connectivity index (χ4n) is 2.46. The molecule has 6 heteroatoms. The number of ether oxygens (including phenoxy) is 2. The van der Waals surface area contributed by atoms with E-state index in [2.05, 4.69) is 4.74 Å². The van der Waals surface area contributed by atoms with Crippen LogP contribution in [0.1, 0.15) is 10.4 Å².